The van der Waals surface area contributed by atoms with Gasteiger partial charge in [-0.3, -0.25) is 14.5 Å². The average molecular weight is 568 g/mol. The fourth-order valence-electron chi connectivity index (χ4n) is 6.35. The molecule has 6 rings (SSSR count). The van der Waals surface area contributed by atoms with Crippen molar-refractivity contribution in [3.63, 3.8) is 0 Å². The molecule has 0 aliphatic carbocycles. The highest BCUT2D eigenvalue weighted by molar-refractivity contribution is 5.84. The molecular weight excluding hydrogens is 530 g/mol. The molecular formula is C32H37N7O3. The summed E-state index contributed by atoms with van der Waals surface area (Å²) in [7, 11) is 3.88. The number of hydrogen-bond acceptors (Lipinski definition) is 6. The number of likely N-dealkylation sites (N-methyl/N-ethyl adjacent to an activating group) is 1. The highest BCUT2D eigenvalue weighted by Crippen LogP contribution is 2.36. The maximum atomic E-state index is 13.8. The highest BCUT2D eigenvalue weighted by Gasteiger charge is 2.37. The Morgan fingerprint density at radius 2 is 1.52 bits per heavy atom. The van der Waals surface area contributed by atoms with E-state index in [9.17, 15) is 14.7 Å². The summed E-state index contributed by atoms with van der Waals surface area (Å²) in [6.45, 7) is 1.37. The number of likely N-dealkylation sites (tertiary alicyclic amines) is 2. The van der Waals surface area contributed by atoms with Crippen molar-refractivity contribution >= 4 is 11.8 Å². The number of carbonyl (C=O) groups excluding carboxylic acids is 2. The first kappa shape index (κ1) is 27.7. The Morgan fingerprint density at radius 1 is 0.905 bits per heavy atom. The van der Waals surface area contributed by atoms with Crippen LogP contribution in [0.25, 0.3) is 11.4 Å². The number of hydrogen-bond donors (Lipinski definition) is 3. The molecule has 4 heterocycles. The molecule has 0 spiro atoms. The summed E-state index contributed by atoms with van der Waals surface area (Å²) < 4.78 is 0. The molecule has 2 fully saturated rings. The number of nitrogens with one attached hydrogen (secondary N) is 2. The van der Waals surface area contributed by atoms with Crippen LogP contribution in [0.3, 0.4) is 0 Å². The molecule has 218 valence electrons. The number of benzene rings is 2. The second kappa shape index (κ2) is 11.8. The van der Waals surface area contributed by atoms with Gasteiger partial charge in [-0.1, -0.05) is 42.5 Å². The van der Waals surface area contributed by atoms with E-state index >= 15 is 0 Å². The average Bonchev–Trinajstić information content (AvgIpc) is 3.79. The van der Waals surface area contributed by atoms with Gasteiger partial charge in [-0.05, 0) is 63.0 Å². The second-order valence-electron chi connectivity index (χ2n) is 11.4. The van der Waals surface area contributed by atoms with Crippen molar-refractivity contribution in [3.8, 4) is 17.1 Å². The number of aromatic nitrogens is 4. The molecule has 42 heavy (non-hydrogen) atoms. The molecule has 10 heteroatoms. The number of nitrogens with zero attached hydrogens (tertiary/aromatic N) is 5. The summed E-state index contributed by atoms with van der Waals surface area (Å²) in [6, 6.07) is 16.1. The fourth-order valence-corrected chi connectivity index (χ4v) is 6.35. The van der Waals surface area contributed by atoms with Gasteiger partial charge in [0.2, 0.25) is 11.8 Å². The Morgan fingerprint density at radius 3 is 2.14 bits per heavy atom. The van der Waals surface area contributed by atoms with Crippen molar-refractivity contribution < 1.29 is 14.7 Å². The van der Waals surface area contributed by atoms with Crippen molar-refractivity contribution in [3.05, 3.63) is 89.8 Å². The van der Waals surface area contributed by atoms with Crippen molar-refractivity contribution in [2.45, 2.75) is 50.2 Å². The van der Waals surface area contributed by atoms with Gasteiger partial charge in [0.1, 0.15) is 23.4 Å². The van der Waals surface area contributed by atoms with E-state index in [1.165, 1.54) is 0 Å². The zero-order chi connectivity index (χ0) is 29.2. The van der Waals surface area contributed by atoms with E-state index < -0.39 is 0 Å². The van der Waals surface area contributed by atoms with Crippen LogP contribution < -0.4 is 0 Å². The first-order valence-electron chi connectivity index (χ1n) is 14.6. The van der Waals surface area contributed by atoms with Crippen LogP contribution >= 0.6 is 0 Å². The molecule has 10 nitrogen and oxygen atoms in total. The molecule has 2 aromatic heterocycles. The molecule has 0 bridgehead atoms. The van der Waals surface area contributed by atoms with Crippen LogP contribution in [0, 0.1) is 0 Å². The highest BCUT2D eigenvalue weighted by atomic mass is 16.3. The topological polar surface area (TPSA) is 121 Å². The first-order chi connectivity index (χ1) is 20.4. The van der Waals surface area contributed by atoms with Crippen LogP contribution in [0.4, 0.5) is 0 Å². The molecule has 3 N–H and O–H groups in total. The van der Waals surface area contributed by atoms with Gasteiger partial charge in [0, 0.05) is 13.1 Å². The van der Waals surface area contributed by atoms with Crippen molar-refractivity contribution in [2.24, 2.45) is 0 Å². The predicted molar refractivity (Wildman–Crippen MR) is 158 cm³/mol. The minimum absolute atomic E-state index is 0.0161. The van der Waals surface area contributed by atoms with Crippen LogP contribution in [0.15, 0.2) is 67.0 Å². The lowest BCUT2D eigenvalue weighted by molar-refractivity contribution is -0.137. The summed E-state index contributed by atoms with van der Waals surface area (Å²) in [5, 5.41) is 9.77. The summed E-state index contributed by atoms with van der Waals surface area (Å²) in [5.41, 5.74) is 3.36. The van der Waals surface area contributed by atoms with Crippen molar-refractivity contribution in [2.75, 3.05) is 27.2 Å². The number of H-pyrrole nitrogens is 2. The van der Waals surface area contributed by atoms with Crippen LogP contribution in [0.2, 0.25) is 0 Å². The minimum atomic E-state index is -0.360. The third kappa shape index (κ3) is 5.54. The van der Waals surface area contributed by atoms with Gasteiger partial charge in [-0.15, -0.1) is 0 Å². The molecule has 2 saturated heterocycles. The van der Waals surface area contributed by atoms with E-state index in [1.807, 2.05) is 65.2 Å². The monoisotopic (exact) mass is 567 g/mol. The molecule has 0 unspecified atom stereocenters. The second-order valence-corrected chi connectivity index (χ2v) is 11.4. The summed E-state index contributed by atoms with van der Waals surface area (Å²) in [6.07, 6.45) is 7.30. The first-order valence-corrected chi connectivity index (χ1v) is 14.6. The Balaban J connectivity index is 1.17. The molecule has 3 atom stereocenters. The third-order valence-corrected chi connectivity index (χ3v) is 8.35. The summed E-state index contributed by atoms with van der Waals surface area (Å²) >= 11 is 0. The Bertz CT molecular complexity index is 1550. The van der Waals surface area contributed by atoms with Crippen molar-refractivity contribution in [1.29, 1.82) is 0 Å². The lowest BCUT2D eigenvalue weighted by atomic mass is 10.0. The molecule has 2 aliphatic rings. The molecule has 0 radical (unpaired) electrons. The Hall–Kier alpha value is -4.44. The van der Waals surface area contributed by atoms with Gasteiger partial charge < -0.3 is 24.9 Å². The standard InChI is InChI=1S/C32H37N7O3/c1-37(2)29(22-10-4-3-5-11-22)32(42)39-16-8-14-27(39)31-34-20-25(36-31)24-19-33-30(35-24)26-13-7-15-38(26)28(41)18-21-9-6-12-23(40)17-21/h3-6,9-12,17,19-20,26-27,29,40H,7-8,13-16,18H2,1-2H3,(H,33,35)(H,34,36)/t26-,27-,29+/m0/s1. The minimum Gasteiger partial charge on any atom is -0.508 e. The van der Waals surface area contributed by atoms with E-state index in [0.29, 0.717) is 13.1 Å². The van der Waals surface area contributed by atoms with Gasteiger partial charge in [0.15, 0.2) is 0 Å². The number of aromatic hydroxyl groups is 1. The normalized spacial score (nSPS) is 19.5. The van der Waals surface area contributed by atoms with E-state index in [1.54, 1.807) is 30.6 Å². The lowest BCUT2D eigenvalue weighted by Crippen LogP contribution is -2.40. The van der Waals surface area contributed by atoms with E-state index in [2.05, 4.69) is 15.0 Å². The number of imidazole rings is 2. The zero-order valence-corrected chi connectivity index (χ0v) is 24.0. The summed E-state index contributed by atoms with van der Waals surface area (Å²) in [5.74, 6) is 1.76. The van der Waals surface area contributed by atoms with Crippen LogP contribution in [0.1, 0.15) is 66.6 Å². The third-order valence-electron chi connectivity index (χ3n) is 8.35. The quantitative estimate of drug-likeness (QED) is 0.291. The van der Waals surface area contributed by atoms with E-state index in [4.69, 9.17) is 4.98 Å². The van der Waals surface area contributed by atoms with Gasteiger partial charge >= 0.3 is 0 Å². The maximum Gasteiger partial charge on any atom is 0.245 e. The molecule has 4 aromatic rings. The number of phenolic OH excluding ortho intramolecular Hbond substituents is 1. The van der Waals surface area contributed by atoms with Crippen LogP contribution in [-0.2, 0) is 16.0 Å². The zero-order valence-electron chi connectivity index (χ0n) is 24.0. The fraction of sp³-hybridized carbons (Fsp3) is 0.375. The van der Waals surface area contributed by atoms with Crippen LogP contribution in [0.5, 0.6) is 5.75 Å². The van der Waals surface area contributed by atoms with E-state index in [0.717, 1.165) is 59.8 Å². The van der Waals surface area contributed by atoms with Gasteiger partial charge in [0.25, 0.3) is 0 Å². The predicted octanol–water partition coefficient (Wildman–Crippen LogP) is 4.38. The van der Waals surface area contributed by atoms with Crippen LogP contribution in [-0.4, -0.2) is 78.7 Å². The SMILES string of the molecule is CN(C)[C@@H](C(=O)N1CCC[C@H]1c1ncc(-c2cnc([C@@H]3CCCN3C(=O)Cc3cccc(O)c3)[nH]2)[nH]1)c1ccccc1. The molecule has 2 aromatic carbocycles. The molecule has 2 amide bonds. The molecule has 2 aliphatic heterocycles. The number of aromatic amines is 2. The van der Waals surface area contributed by atoms with E-state index in [-0.39, 0.29) is 42.1 Å². The number of amides is 2. The number of rotatable bonds is 8. The lowest BCUT2D eigenvalue weighted by Gasteiger charge is -2.31. The smallest absolute Gasteiger partial charge is 0.245 e. The van der Waals surface area contributed by atoms with Crippen molar-refractivity contribution in [1.82, 2.24) is 34.6 Å². The summed E-state index contributed by atoms with van der Waals surface area (Å²) in [4.78, 5) is 48.9. The van der Waals surface area contributed by atoms with Gasteiger partial charge in [-0.25, -0.2) is 9.97 Å². The Kier molecular flexibility index (Phi) is 7.80. The van der Waals surface area contributed by atoms with Gasteiger partial charge in [-0.2, -0.15) is 0 Å². The molecule has 0 saturated carbocycles. The maximum absolute atomic E-state index is 13.8. The van der Waals surface area contributed by atoms with Gasteiger partial charge in [0.05, 0.1) is 42.3 Å². The number of carbonyl (C=O) groups is 2. The number of phenols is 1. The largest absolute Gasteiger partial charge is 0.508 e. The Labute approximate surface area is 245 Å².